The van der Waals surface area contributed by atoms with Crippen LogP contribution in [-0.2, 0) is 9.59 Å². The largest absolute Gasteiger partial charge is 0.382 e. The highest BCUT2D eigenvalue weighted by Gasteiger charge is 2.44. The molecule has 0 aromatic rings. The Morgan fingerprint density at radius 1 is 1.46 bits per heavy atom. The molecule has 3 nitrogen and oxygen atoms in total. The van der Waals surface area contributed by atoms with Crippen molar-refractivity contribution in [1.82, 2.24) is 0 Å². The van der Waals surface area contributed by atoms with Gasteiger partial charge in [0.25, 0.3) is 0 Å². The minimum atomic E-state index is -1.41. The average molecular weight is 184 g/mol. The van der Waals surface area contributed by atoms with Crippen molar-refractivity contribution in [2.24, 2.45) is 11.8 Å². The Morgan fingerprint density at radius 3 is 2.46 bits per heavy atom. The number of rotatable bonds is 1. The molecule has 74 valence electrons. The third-order valence-electron chi connectivity index (χ3n) is 2.80. The van der Waals surface area contributed by atoms with Crippen molar-refractivity contribution in [1.29, 1.82) is 0 Å². The average Bonchev–Trinajstić information content (AvgIpc) is 2.00. The second-order valence-corrected chi connectivity index (χ2v) is 4.36. The van der Waals surface area contributed by atoms with E-state index in [-0.39, 0.29) is 11.8 Å². The summed E-state index contributed by atoms with van der Waals surface area (Å²) in [5.41, 5.74) is -1.41. The van der Waals surface area contributed by atoms with Gasteiger partial charge in [-0.25, -0.2) is 0 Å². The van der Waals surface area contributed by atoms with Gasteiger partial charge in [0.2, 0.25) is 11.6 Å². The number of aliphatic hydroxyl groups is 1. The summed E-state index contributed by atoms with van der Waals surface area (Å²) >= 11 is 0. The number of carbonyl (C=O) groups excluding carboxylic acids is 2. The molecule has 1 N–H and O–H groups in total. The second kappa shape index (κ2) is 3.22. The Balaban J connectivity index is 2.83. The second-order valence-electron chi connectivity index (χ2n) is 4.36. The van der Waals surface area contributed by atoms with E-state index >= 15 is 0 Å². The molecule has 0 spiro atoms. The predicted octanol–water partition coefficient (Wildman–Crippen LogP) is 0.942. The molecule has 0 aliphatic heterocycles. The summed E-state index contributed by atoms with van der Waals surface area (Å²) in [7, 11) is 0. The molecule has 0 saturated heterocycles. The van der Waals surface area contributed by atoms with Gasteiger partial charge in [-0.3, -0.25) is 9.59 Å². The van der Waals surface area contributed by atoms with Crippen LogP contribution in [0.15, 0.2) is 0 Å². The number of hydrogen-bond acceptors (Lipinski definition) is 3. The van der Waals surface area contributed by atoms with Gasteiger partial charge in [0.15, 0.2) is 0 Å². The summed E-state index contributed by atoms with van der Waals surface area (Å²) in [6, 6.07) is 0. The smallest absolute Gasteiger partial charge is 0.229 e. The molecule has 13 heavy (non-hydrogen) atoms. The Hall–Kier alpha value is -0.700. The molecule has 0 radical (unpaired) electrons. The summed E-state index contributed by atoms with van der Waals surface area (Å²) < 4.78 is 0. The highest BCUT2D eigenvalue weighted by Crippen LogP contribution is 2.30. The monoisotopic (exact) mass is 184 g/mol. The zero-order valence-corrected chi connectivity index (χ0v) is 8.33. The van der Waals surface area contributed by atoms with Gasteiger partial charge in [-0.05, 0) is 25.7 Å². The van der Waals surface area contributed by atoms with Crippen LogP contribution >= 0.6 is 0 Å². The Bertz CT molecular complexity index is 241. The molecule has 2 atom stereocenters. The van der Waals surface area contributed by atoms with Crippen LogP contribution in [0, 0.1) is 11.8 Å². The quantitative estimate of drug-likeness (QED) is 0.617. The van der Waals surface area contributed by atoms with Gasteiger partial charge in [0.1, 0.15) is 5.60 Å². The zero-order chi connectivity index (χ0) is 10.2. The normalized spacial score (nSPS) is 35.6. The van der Waals surface area contributed by atoms with Crippen LogP contribution < -0.4 is 0 Å². The molecule has 1 rings (SSSR count). The molecule has 0 aromatic carbocycles. The topological polar surface area (TPSA) is 54.4 Å². The van der Waals surface area contributed by atoms with Gasteiger partial charge in [0, 0.05) is 5.92 Å². The minimum Gasteiger partial charge on any atom is -0.382 e. The molecular weight excluding hydrogens is 168 g/mol. The molecule has 0 bridgehead atoms. The first kappa shape index (κ1) is 10.4. The first-order valence-corrected chi connectivity index (χ1v) is 4.67. The van der Waals surface area contributed by atoms with Crippen LogP contribution in [-0.4, -0.2) is 22.3 Å². The van der Waals surface area contributed by atoms with E-state index in [2.05, 4.69) is 0 Å². The Labute approximate surface area is 78.1 Å². The van der Waals surface area contributed by atoms with Crippen molar-refractivity contribution in [2.75, 3.05) is 0 Å². The van der Waals surface area contributed by atoms with Gasteiger partial charge in [-0.2, -0.15) is 0 Å². The molecule has 2 unspecified atom stereocenters. The van der Waals surface area contributed by atoms with Gasteiger partial charge in [-0.1, -0.05) is 13.8 Å². The lowest BCUT2D eigenvalue weighted by Gasteiger charge is -2.31. The van der Waals surface area contributed by atoms with Crippen molar-refractivity contribution in [3.05, 3.63) is 0 Å². The summed E-state index contributed by atoms with van der Waals surface area (Å²) in [5, 5.41) is 9.54. The molecule has 0 aromatic heterocycles. The minimum absolute atomic E-state index is 0.187. The SMILES string of the molecule is CC(C)C1CCC(C)(O)C(=O)C1=O. The zero-order valence-electron chi connectivity index (χ0n) is 8.33. The highest BCUT2D eigenvalue weighted by atomic mass is 16.3. The van der Waals surface area contributed by atoms with Crippen LogP contribution in [0.3, 0.4) is 0 Å². The first-order chi connectivity index (χ1) is 5.86. The molecule has 1 aliphatic rings. The van der Waals surface area contributed by atoms with Gasteiger partial charge < -0.3 is 5.11 Å². The third kappa shape index (κ3) is 1.80. The lowest BCUT2D eigenvalue weighted by molar-refractivity contribution is -0.154. The molecule has 0 heterocycles. The van der Waals surface area contributed by atoms with E-state index < -0.39 is 17.2 Å². The predicted molar refractivity (Wildman–Crippen MR) is 48.2 cm³/mol. The van der Waals surface area contributed by atoms with Crippen molar-refractivity contribution in [3.63, 3.8) is 0 Å². The van der Waals surface area contributed by atoms with Crippen LogP contribution in [0.4, 0.5) is 0 Å². The van der Waals surface area contributed by atoms with Crippen molar-refractivity contribution >= 4 is 11.6 Å². The van der Waals surface area contributed by atoms with Crippen molar-refractivity contribution in [2.45, 2.75) is 39.2 Å². The van der Waals surface area contributed by atoms with Crippen LogP contribution in [0.1, 0.15) is 33.6 Å². The maximum atomic E-state index is 11.5. The van der Waals surface area contributed by atoms with Gasteiger partial charge >= 0.3 is 0 Å². The highest BCUT2D eigenvalue weighted by molar-refractivity contribution is 6.41. The summed E-state index contributed by atoms with van der Waals surface area (Å²) in [4.78, 5) is 22.8. The van der Waals surface area contributed by atoms with Crippen molar-refractivity contribution in [3.8, 4) is 0 Å². The third-order valence-corrected chi connectivity index (χ3v) is 2.80. The van der Waals surface area contributed by atoms with E-state index in [1.54, 1.807) is 0 Å². The summed E-state index contributed by atoms with van der Waals surface area (Å²) in [6.07, 6.45) is 1.02. The first-order valence-electron chi connectivity index (χ1n) is 4.67. The van der Waals surface area contributed by atoms with E-state index in [1.807, 2.05) is 13.8 Å². The van der Waals surface area contributed by atoms with Crippen LogP contribution in [0.5, 0.6) is 0 Å². The lowest BCUT2D eigenvalue weighted by atomic mass is 9.73. The lowest BCUT2D eigenvalue weighted by Crippen LogP contribution is -2.48. The fourth-order valence-electron chi connectivity index (χ4n) is 1.75. The van der Waals surface area contributed by atoms with E-state index in [9.17, 15) is 14.7 Å². The number of ketones is 2. The molecule has 1 aliphatic carbocycles. The summed E-state index contributed by atoms with van der Waals surface area (Å²) in [6.45, 7) is 5.27. The Kier molecular flexibility index (Phi) is 2.57. The van der Waals surface area contributed by atoms with Gasteiger partial charge in [-0.15, -0.1) is 0 Å². The van der Waals surface area contributed by atoms with Crippen LogP contribution in [0.2, 0.25) is 0 Å². The molecule has 1 fully saturated rings. The Morgan fingerprint density at radius 2 is 2.00 bits per heavy atom. The van der Waals surface area contributed by atoms with E-state index in [0.717, 1.165) is 0 Å². The molecule has 3 heteroatoms. The molecule has 0 amide bonds. The summed E-state index contributed by atoms with van der Waals surface area (Å²) in [5.74, 6) is -1.01. The van der Waals surface area contributed by atoms with Crippen LogP contribution in [0.25, 0.3) is 0 Å². The van der Waals surface area contributed by atoms with E-state index in [1.165, 1.54) is 6.92 Å². The fourth-order valence-corrected chi connectivity index (χ4v) is 1.75. The number of Topliss-reactive ketones (excluding diaryl/α,β-unsaturated/α-hetero) is 2. The fraction of sp³-hybridized carbons (Fsp3) is 0.800. The number of hydrogen-bond donors (Lipinski definition) is 1. The van der Waals surface area contributed by atoms with E-state index in [0.29, 0.717) is 12.8 Å². The maximum Gasteiger partial charge on any atom is 0.229 e. The van der Waals surface area contributed by atoms with Gasteiger partial charge in [0.05, 0.1) is 0 Å². The maximum absolute atomic E-state index is 11.5. The molecular formula is C10H16O3. The standard InChI is InChI=1S/C10H16O3/c1-6(2)7-4-5-10(3,13)9(12)8(7)11/h6-7,13H,4-5H2,1-3H3. The number of carbonyl (C=O) groups is 2. The molecule has 1 saturated carbocycles. The van der Waals surface area contributed by atoms with E-state index in [4.69, 9.17) is 0 Å². The van der Waals surface area contributed by atoms with Crippen molar-refractivity contribution < 1.29 is 14.7 Å².